The zero-order valence-electron chi connectivity index (χ0n) is 10.0. The number of nitrogens with two attached hydrogens (primary N) is 1. The Labute approximate surface area is 100 Å². The van der Waals surface area contributed by atoms with Gasteiger partial charge in [-0.2, -0.15) is 0 Å². The molecule has 0 fully saturated rings. The molecule has 0 aliphatic carbocycles. The van der Waals surface area contributed by atoms with Gasteiger partial charge in [0.2, 0.25) is 0 Å². The number of benzene rings is 1. The number of hydrogen-bond acceptors (Lipinski definition) is 2. The van der Waals surface area contributed by atoms with Gasteiger partial charge in [-0.05, 0) is 38.5 Å². The van der Waals surface area contributed by atoms with Gasteiger partial charge in [-0.25, -0.2) is 4.98 Å². The molecule has 1 aromatic carbocycles. The second-order valence-corrected chi connectivity index (χ2v) is 5.24. The van der Waals surface area contributed by atoms with E-state index in [1.54, 1.807) is 0 Å². The quantitative estimate of drug-likeness (QED) is 0.829. The predicted octanol–water partition coefficient (Wildman–Crippen LogP) is 2.73. The number of nitrogens with zero attached hydrogens (tertiary/aromatic N) is 2. The second kappa shape index (κ2) is 3.47. The van der Waals surface area contributed by atoms with Crippen LogP contribution >= 0.6 is 11.6 Å². The fraction of sp³-hybridized carbons (Fsp3) is 0.417. The lowest BCUT2D eigenvalue weighted by atomic mass is 10.1. The molecule has 16 heavy (non-hydrogen) atoms. The first kappa shape index (κ1) is 11.4. The van der Waals surface area contributed by atoms with Crippen LogP contribution < -0.4 is 5.73 Å². The molecule has 2 rings (SSSR count). The van der Waals surface area contributed by atoms with Crippen LogP contribution in [-0.2, 0) is 12.6 Å². The Kier molecular flexibility index (Phi) is 2.48. The van der Waals surface area contributed by atoms with Crippen molar-refractivity contribution >= 4 is 22.6 Å². The van der Waals surface area contributed by atoms with Gasteiger partial charge in [-0.3, -0.25) is 0 Å². The molecule has 3 nitrogen and oxygen atoms in total. The number of hydrogen-bond donors (Lipinski definition) is 1. The molecule has 0 unspecified atom stereocenters. The van der Waals surface area contributed by atoms with Crippen molar-refractivity contribution in [3.63, 3.8) is 0 Å². The molecular formula is C12H16ClN3. The van der Waals surface area contributed by atoms with Crippen LogP contribution in [0.1, 0.15) is 25.2 Å². The molecule has 0 amide bonds. The van der Waals surface area contributed by atoms with Crippen molar-refractivity contribution in [3.05, 3.63) is 28.5 Å². The Hall–Kier alpha value is -1.06. The zero-order valence-corrected chi connectivity index (χ0v) is 10.8. The summed E-state index contributed by atoms with van der Waals surface area (Å²) in [6.07, 6.45) is 0. The molecule has 0 saturated heterocycles. The molecule has 2 aromatic rings. The third-order valence-corrected chi connectivity index (χ3v) is 2.93. The fourth-order valence-corrected chi connectivity index (χ4v) is 2.40. The largest absolute Gasteiger partial charge is 0.328 e. The van der Waals surface area contributed by atoms with Crippen LogP contribution in [0.5, 0.6) is 0 Å². The van der Waals surface area contributed by atoms with Crippen LogP contribution in [0.4, 0.5) is 0 Å². The third kappa shape index (κ3) is 1.70. The Morgan fingerprint density at radius 1 is 1.38 bits per heavy atom. The number of rotatable bonds is 1. The Morgan fingerprint density at radius 2 is 2.00 bits per heavy atom. The van der Waals surface area contributed by atoms with E-state index < -0.39 is 5.54 Å². The summed E-state index contributed by atoms with van der Waals surface area (Å²) in [7, 11) is 1.94. The van der Waals surface area contributed by atoms with E-state index in [4.69, 9.17) is 17.3 Å². The topological polar surface area (TPSA) is 43.8 Å². The average Bonchev–Trinajstić information content (AvgIpc) is 2.41. The van der Waals surface area contributed by atoms with Crippen LogP contribution in [0.25, 0.3) is 11.0 Å². The molecule has 0 atom stereocenters. The summed E-state index contributed by atoms with van der Waals surface area (Å²) < 4.78 is 1.97. The molecule has 0 aliphatic rings. The van der Waals surface area contributed by atoms with Crippen molar-refractivity contribution < 1.29 is 0 Å². The van der Waals surface area contributed by atoms with E-state index in [9.17, 15) is 0 Å². The van der Waals surface area contributed by atoms with Crippen molar-refractivity contribution in [1.82, 2.24) is 9.55 Å². The highest BCUT2D eigenvalue weighted by atomic mass is 35.5. The number of halogens is 1. The summed E-state index contributed by atoms with van der Waals surface area (Å²) in [5.74, 6) is 0.843. The van der Waals surface area contributed by atoms with Crippen molar-refractivity contribution in [3.8, 4) is 0 Å². The lowest BCUT2D eigenvalue weighted by Crippen LogP contribution is -2.32. The van der Waals surface area contributed by atoms with Gasteiger partial charge in [0, 0.05) is 7.05 Å². The van der Waals surface area contributed by atoms with Gasteiger partial charge in [0.15, 0.2) is 0 Å². The monoisotopic (exact) mass is 237 g/mol. The lowest BCUT2D eigenvalue weighted by Gasteiger charge is -2.17. The summed E-state index contributed by atoms with van der Waals surface area (Å²) in [5.41, 5.74) is 8.57. The van der Waals surface area contributed by atoms with Gasteiger partial charge in [0.05, 0.1) is 21.6 Å². The lowest BCUT2D eigenvalue weighted by molar-refractivity contribution is 0.498. The molecule has 0 saturated carbocycles. The van der Waals surface area contributed by atoms with E-state index >= 15 is 0 Å². The number of imidazole rings is 1. The van der Waals surface area contributed by atoms with Crippen LogP contribution in [0.3, 0.4) is 0 Å². The molecule has 0 aliphatic heterocycles. The maximum absolute atomic E-state index is 6.23. The summed E-state index contributed by atoms with van der Waals surface area (Å²) in [6.45, 7) is 5.89. The minimum atomic E-state index is -0.467. The van der Waals surface area contributed by atoms with Crippen molar-refractivity contribution in [1.29, 1.82) is 0 Å². The third-order valence-electron chi connectivity index (χ3n) is 2.64. The van der Waals surface area contributed by atoms with Crippen LogP contribution in [0.2, 0.25) is 5.02 Å². The molecule has 0 spiro atoms. The summed E-state index contributed by atoms with van der Waals surface area (Å²) in [4.78, 5) is 4.56. The first-order valence-corrected chi connectivity index (χ1v) is 5.60. The highest BCUT2D eigenvalue weighted by molar-refractivity contribution is 6.35. The number of aromatic nitrogens is 2. The molecule has 4 heteroatoms. The van der Waals surface area contributed by atoms with Gasteiger partial charge in [0.1, 0.15) is 5.82 Å². The van der Waals surface area contributed by atoms with E-state index in [2.05, 4.69) is 4.98 Å². The fourth-order valence-electron chi connectivity index (χ4n) is 2.00. The summed E-state index contributed by atoms with van der Waals surface area (Å²) in [6, 6.07) is 3.97. The van der Waals surface area contributed by atoms with E-state index in [1.807, 2.05) is 44.5 Å². The van der Waals surface area contributed by atoms with Crippen molar-refractivity contribution in [2.75, 3.05) is 0 Å². The van der Waals surface area contributed by atoms with Gasteiger partial charge < -0.3 is 10.3 Å². The molecule has 1 heterocycles. The van der Waals surface area contributed by atoms with Crippen molar-refractivity contribution in [2.24, 2.45) is 12.8 Å². The van der Waals surface area contributed by atoms with E-state index in [-0.39, 0.29) is 0 Å². The Morgan fingerprint density at radius 3 is 2.56 bits per heavy atom. The first-order valence-electron chi connectivity index (χ1n) is 5.22. The van der Waals surface area contributed by atoms with Gasteiger partial charge in [-0.1, -0.05) is 11.6 Å². The minimum Gasteiger partial charge on any atom is -0.328 e. The normalized spacial score (nSPS) is 12.4. The maximum atomic E-state index is 6.23. The van der Waals surface area contributed by atoms with Crippen LogP contribution in [0.15, 0.2) is 12.1 Å². The van der Waals surface area contributed by atoms with Gasteiger partial charge in [0.25, 0.3) is 0 Å². The second-order valence-electron chi connectivity index (χ2n) is 4.83. The van der Waals surface area contributed by atoms with E-state index in [0.29, 0.717) is 0 Å². The molecule has 1 aromatic heterocycles. The van der Waals surface area contributed by atoms with Crippen LogP contribution in [0, 0.1) is 6.92 Å². The van der Waals surface area contributed by atoms with Gasteiger partial charge >= 0.3 is 0 Å². The number of fused-ring (bicyclic) bond motifs is 1. The van der Waals surface area contributed by atoms with E-state index in [0.717, 1.165) is 27.4 Å². The zero-order chi connectivity index (χ0) is 12.1. The molecule has 0 radical (unpaired) electrons. The van der Waals surface area contributed by atoms with Gasteiger partial charge in [-0.15, -0.1) is 0 Å². The highest BCUT2D eigenvalue weighted by Gasteiger charge is 2.22. The van der Waals surface area contributed by atoms with Crippen molar-refractivity contribution in [2.45, 2.75) is 26.3 Å². The molecule has 86 valence electrons. The molecular weight excluding hydrogens is 222 g/mol. The smallest absolute Gasteiger partial charge is 0.129 e. The standard InChI is InChI=1S/C12H16ClN3/c1-7-5-8(13)10-9(6-7)15-11(16(10)4)12(2,3)14/h5-6H,14H2,1-4H3. The van der Waals surface area contributed by atoms with Crippen LogP contribution in [-0.4, -0.2) is 9.55 Å². The average molecular weight is 238 g/mol. The van der Waals surface area contributed by atoms with E-state index in [1.165, 1.54) is 0 Å². The summed E-state index contributed by atoms with van der Waals surface area (Å²) >= 11 is 6.23. The first-order chi connectivity index (χ1) is 7.30. The Balaban J connectivity index is 2.83. The Bertz CT molecular complexity index is 549. The number of aryl methyl sites for hydroxylation is 2. The SMILES string of the molecule is Cc1cc(Cl)c2c(c1)nc(C(C)(C)N)n2C. The predicted molar refractivity (Wildman–Crippen MR) is 67.7 cm³/mol. The molecule has 2 N–H and O–H groups in total. The summed E-state index contributed by atoms with van der Waals surface area (Å²) in [5, 5.41) is 0.723. The highest BCUT2D eigenvalue weighted by Crippen LogP contribution is 2.28. The molecule has 0 bridgehead atoms. The maximum Gasteiger partial charge on any atom is 0.129 e. The minimum absolute atomic E-state index is 0.467.